The molecule has 5 nitrogen and oxygen atoms in total. The van der Waals surface area contributed by atoms with Crippen molar-refractivity contribution in [2.24, 2.45) is 5.92 Å². The number of piperidine rings is 1. The zero-order valence-electron chi connectivity index (χ0n) is 18.7. The van der Waals surface area contributed by atoms with Crippen LogP contribution >= 0.6 is 0 Å². The molecule has 0 aliphatic carbocycles. The van der Waals surface area contributed by atoms with E-state index in [0.717, 1.165) is 70.9 Å². The predicted octanol–water partition coefficient (Wildman–Crippen LogP) is 3.36. The number of carbonyl (C=O) groups is 1. The summed E-state index contributed by atoms with van der Waals surface area (Å²) in [7, 11) is 0. The summed E-state index contributed by atoms with van der Waals surface area (Å²) in [5, 5.41) is 3.17. The molecule has 5 heteroatoms. The van der Waals surface area contributed by atoms with Gasteiger partial charge in [0.2, 0.25) is 5.91 Å². The van der Waals surface area contributed by atoms with Gasteiger partial charge in [0, 0.05) is 39.3 Å². The van der Waals surface area contributed by atoms with Gasteiger partial charge in [-0.1, -0.05) is 54.1 Å². The third kappa shape index (κ3) is 6.63. The lowest BCUT2D eigenvalue weighted by Crippen LogP contribution is -2.42. The monoisotopic (exact) mass is 421 g/mol. The van der Waals surface area contributed by atoms with Crippen molar-refractivity contribution >= 4 is 5.91 Å². The molecule has 2 saturated heterocycles. The molecule has 4 rings (SSSR count). The van der Waals surface area contributed by atoms with Gasteiger partial charge in [-0.15, -0.1) is 0 Å². The van der Waals surface area contributed by atoms with Gasteiger partial charge in [-0.25, -0.2) is 0 Å². The minimum Gasteiger partial charge on any atom is -0.379 e. The molecule has 0 aromatic heterocycles. The van der Waals surface area contributed by atoms with Gasteiger partial charge in [-0.3, -0.25) is 14.6 Å². The Kier molecular flexibility index (Phi) is 7.73. The van der Waals surface area contributed by atoms with Crippen molar-refractivity contribution < 1.29 is 9.53 Å². The van der Waals surface area contributed by atoms with Gasteiger partial charge in [0.15, 0.2) is 0 Å². The van der Waals surface area contributed by atoms with E-state index >= 15 is 0 Å². The minimum atomic E-state index is 0.0831. The lowest BCUT2D eigenvalue weighted by atomic mass is 9.96. The van der Waals surface area contributed by atoms with Crippen LogP contribution in [0.2, 0.25) is 0 Å². The average Bonchev–Trinajstić information content (AvgIpc) is 2.81. The Balaban J connectivity index is 1.22. The van der Waals surface area contributed by atoms with E-state index in [-0.39, 0.29) is 11.8 Å². The molecule has 1 N–H and O–H groups in total. The maximum absolute atomic E-state index is 12.8. The van der Waals surface area contributed by atoms with Crippen LogP contribution in [0, 0.1) is 12.8 Å². The first-order valence-electron chi connectivity index (χ1n) is 11.6. The molecule has 2 aromatic rings. The Hall–Kier alpha value is -2.21. The molecule has 2 aliphatic heterocycles. The molecule has 2 fully saturated rings. The predicted molar refractivity (Wildman–Crippen MR) is 124 cm³/mol. The largest absolute Gasteiger partial charge is 0.379 e. The van der Waals surface area contributed by atoms with Crippen LogP contribution in [0.1, 0.15) is 35.1 Å². The maximum atomic E-state index is 12.8. The standard InChI is InChI=1S/C26H35N3O2/c1-21-4-6-23(7-5-21)19-29-12-2-3-25(20-29)26(30)27-17-22-8-10-24(11-9-22)18-28-13-15-31-16-14-28/h4-11,25H,2-3,12-20H2,1H3,(H,27,30). The number of carbonyl (C=O) groups excluding carboxylic acids is 1. The molecule has 2 heterocycles. The number of ether oxygens (including phenoxy) is 1. The van der Waals surface area contributed by atoms with Gasteiger partial charge in [0.05, 0.1) is 19.1 Å². The highest BCUT2D eigenvalue weighted by Gasteiger charge is 2.25. The van der Waals surface area contributed by atoms with Gasteiger partial charge in [-0.2, -0.15) is 0 Å². The maximum Gasteiger partial charge on any atom is 0.224 e. The number of amides is 1. The number of hydrogen-bond donors (Lipinski definition) is 1. The minimum absolute atomic E-state index is 0.0831. The number of nitrogens with one attached hydrogen (secondary N) is 1. The first-order valence-corrected chi connectivity index (χ1v) is 11.6. The molecule has 31 heavy (non-hydrogen) atoms. The third-order valence-electron chi connectivity index (χ3n) is 6.40. The Bertz CT molecular complexity index is 829. The van der Waals surface area contributed by atoms with E-state index in [0.29, 0.717) is 6.54 Å². The lowest BCUT2D eigenvalue weighted by Gasteiger charge is -2.32. The zero-order valence-corrected chi connectivity index (χ0v) is 18.7. The summed E-state index contributed by atoms with van der Waals surface area (Å²) in [6.45, 7) is 10.2. The molecule has 0 bridgehead atoms. The van der Waals surface area contributed by atoms with Crippen LogP contribution in [0.5, 0.6) is 0 Å². The van der Waals surface area contributed by atoms with Crippen LogP contribution in [-0.2, 0) is 29.2 Å². The first kappa shape index (κ1) is 22.0. The molecule has 1 atom stereocenters. The van der Waals surface area contributed by atoms with Crippen LogP contribution < -0.4 is 5.32 Å². The van der Waals surface area contributed by atoms with E-state index in [1.807, 2.05) is 0 Å². The first-order chi connectivity index (χ1) is 15.2. The Morgan fingerprint density at radius 2 is 1.52 bits per heavy atom. The lowest BCUT2D eigenvalue weighted by molar-refractivity contribution is -0.126. The fourth-order valence-electron chi connectivity index (χ4n) is 4.48. The summed E-state index contributed by atoms with van der Waals surface area (Å²) in [6.07, 6.45) is 2.06. The van der Waals surface area contributed by atoms with Gasteiger partial charge in [0.1, 0.15) is 0 Å². The summed E-state index contributed by atoms with van der Waals surface area (Å²) < 4.78 is 5.42. The van der Waals surface area contributed by atoms with E-state index in [2.05, 4.69) is 70.6 Å². The van der Waals surface area contributed by atoms with Crippen LogP contribution in [-0.4, -0.2) is 55.1 Å². The molecule has 1 amide bonds. The van der Waals surface area contributed by atoms with Crippen LogP contribution in [0.3, 0.4) is 0 Å². The molecule has 166 valence electrons. The van der Waals surface area contributed by atoms with Crippen molar-refractivity contribution in [1.29, 1.82) is 0 Å². The fourth-order valence-corrected chi connectivity index (χ4v) is 4.48. The summed E-state index contributed by atoms with van der Waals surface area (Å²) in [5.74, 6) is 0.269. The van der Waals surface area contributed by atoms with Crippen LogP contribution in [0.25, 0.3) is 0 Å². The third-order valence-corrected chi connectivity index (χ3v) is 6.40. The van der Waals surface area contributed by atoms with Crippen molar-refractivity contribution in [2.45, 2.75) is 39.4 Å². The van der Waals surface area contributed by atoms with Crippen molar-refractivity contribution in [3.05, 3.63) is 70.8 Å². The fraction of sp³-hybridized carbons (Fsp3) is 0.500. The molecule has 0 spiro atoms. The number of aryl methyl sites for hydroxylation is 1. The molecular weight excluding hydrogens is 386 g/mol. The van der Waals surface area contributed by atoms with Gasteiger partial charge in [0.25, 0.3) is 0 Å². The van der Waals surface area contributed by atoms with Gasteiger partial charge in [-0.05, 0) is 43.0 Å². The van der Waals surface area contributed by atoms with E-state index in [4.69, 9.17) is 4.74 Å². The van der Waals surface area contributed by atoms with E-state index in [1.165, 1.54) is 16.7 Å². The summed E-state index contributed by atoms with van der Waals surface area (Å²) in [6, 6.07) is 17.4. The number of nitrogens with zero attached hydrogens (tertiary/aromatic N) is 2. The number of benzene rings is 2. The highest BCUT2D eigenvalue weighted by atomic mass is 16.5. The summed E-state index contributed by atoms with van der Waals surface area (Å²) >= 11 is 0. The quantitative estimate of drug-likeness (QED) is 0.745. The van der Waals surface area contributed by atoms with E-state index in [9.17, 15) is 4.79 Å². The van der Waals surface area contributed by atoms with Crippen molar-refractivity contribution in [2.75, 3.05) is 39.4 Å². The van der Waals surface area contributed by atoms with Crippen LogP contribution in [0.15, 0.2) is 48.5 Å². The molecule has 0 radical (unpaired) electrons. The normalized spacial score (nSPS) is 20.5. The molecule has 0 saturated carbocycles. The zero-order chi connectivity index (χ0) is 21.5. The van der Waals surface area contributed by atoms with Crippen molar-refractivity contribution in [3.63, 3.8) is 0 Å². The molecule has 2 aliphatic rings. The smallest absolute Gasteiger partial charge is 0.224 e. The topological polar surface area (TPSA) is 44.8 Å². The Morgan fingerprint density at radius 1 is 0.903 bits per heavy atom. The molecule has 2 aromatic carbocycles. The second-order valence-corrected chi connectivity index (χ2v) is 8.98. The van der Waals surface area contributed by atoms with Crippen LogP contribution in [0.4, 0.5) is 0 Å². The summed E-state index contributed by atoms with van der Waals surface area (Å²) in [5.41, 5.74) is 5.08. The second kappa shape index (κ2) is 10.9. The number of likely N-dealkylation sites (tertiary alicyclic amines) is 1. The highest BCUT2D eigenvalue weighted by Crippen LogP contribution is 2.19. The van der Waals surface area contributed by atoms with Crippen molar-refractivity contribution in [3.8, 4) is 0 Å². The second-order valence-electron chi connectivity index (χ2n) is 8.98. The summed E-state index contributed by atoms with van der Waals surface area (Å²) in [4.78, 5) is 17.6. The number of rotatable bonds is 7. The number of hydrogen-bond acceptors (Lipinski definition) is 4. The Labute approximate surface area is 186 Å². The highest BCUT2D eigenvalue weighted by molar-refractivity contribution is 5.79. The molecular formula is C26H35N3O2. The SMILES string of the molecule is Cc1ccc(CN2CCCC(C(=O)NCc3ccc(CN4CCOCC4)cc3)C2)cc1. The van der Waals surface area contributed by atoms with Gasteiger partial charge >= 0.3 is 0 Å². The van der Waals surface area contributed by atoms with E-state index in [1.54, 1.807) is 0 Å². The Morgan fingerprint density at radius 3 is 2.23 bits per heavy atom. The van der Waals surface area contributed by atoms with E-state index < -0.39 is 0 Å². The van der Waals surface area contributed by atoms with Crippen molar-refractivity contribution in [1.82, 2.24) is 15.1 Å². The van der Waals surface area contributed by atoms with Gasteiger partial charge < -0.3 is 10.1 Å². The molecule has 1 unspecified atom stereocenters. The number of morpholine rings is 1. The average molecular weight is 422 g/mol.